The minimum absolute atomic E-state index is 0.999. The van der Waals surface area contributed by atoms with Crippen LogP contribution in [0.3, 0.4) is 0 Å². The van der Waals surface area contributed by atoms with Gasteiger partial charge in [-0.15, -0.1) is 0 Å². The SMILES string of the molecule is CCCCCCCCCCCCCCCC[n+]1ccc(C)c(-c2nc3c(ccc[n+]3CCCCCCCCCCCCCCCC)[nH]2)c1. The number of unbranched alkanes of at least 4 members (excludes halogenated alkanes) is 26. The summed E-state index contributed by atoms with van der Waals surface area (Å²) >= 11 is 0. The van der Waals surface area contributed by atoms with Crippen molar-refractivity contribution in [1.82, 2.24) is 9.97 Å². The van der Waals surface area contributed by atoms with Gasteiger partial charge in [-0.3, -0.25) is 0 Å². The molecule has 0 fully saturated rings. The quantitative estimate of drug-likeness (QED) is 0.0541. The van der Waals surface area contributed by atoms with Gasteiger partial charge in [0.25, 0.3) is 5.82 Å². The van der Waals surface area contributed by atoms with Gasteiger partial charge in [0.2, 0.25) is 0 Å². The maximum Gasteiger partial charge on any atom is 0.349 e. The molecule has 0 amide bonds. The number of nitrogens with zero attached hydrogens (tertiary/aromatic N) is 3. The van der Waals surface area contributed by atoms with Gasteiger partial charge >= 0.3 is 5.65 Å². The largest absolute Gasteiger partial charge is 0.349 e. The monoisotopic (exact) mass is 661 g/mol. The first-order valence-electron chi connectivity index (χ1n) is 21.1. The van der Waals surface area contributed by atoms with Crippen LogP contribution in [0.5, 0.6) is 0 Å². The molecule has 3 rings (SSSR count). The van der Waals surface area contributed by atoms with Crippen molar-refractivity contribution < 1.29 is 9.13 Å². The smallest absolute Gasteiger partial charge is 0.311 e. The van der Waals surface area contributed by atoms with Crippen LogP contribution in [0, 0.1) is 6.92 Å². The zero-order chi connectivity index (χ0) is 33.9. The molecule has 0 saturated carbocycles. The molecule has 0 aliphatic heterocycles. The lowest BCUT2D eigenvalue weighted by molar-refractivity contribution is -0.697. The zero-order valence-corrected chi connectivity index (χ0v) is 32.0. The molecular formula is C44H76N4+2. The van der Waals surface area contributed by atoms with Crippen LogP contribution in [0.25, 0.3) is 22.6 Å². The molecular weight excluding hydrogens is 585 g/mol. The Labute approximate surface area is 297 Å². The average molecular weight is 661 g/mol. The number of nitrogens with one attached hydrogen (secondary N) is 1. The lowest BCUT2D eigenvalue weighted by Crippen LogP contribution is -2.34. The number of aryl methyl sites for hydroxylation is 3. The summed E-state index contributed by atoms with van der Waals surface area (Å²) in [6.07, 6.45) is 46.0. The van der Waals surface area contributed by atoms with Crippen molar-refractivity contribution in [3.8, 4) is 11.4 Å². The summed E-state index contributed by atoms with van der Waals surface area (Å²) < 4.78 is 4.73. The van der Waals surface area contributed by atoms with Crippen molar-refractivity contribution in [3.63, 3.8) is 0 Å². The number of H-pyrrole nitrogens is 1. The predicted molar refractivity (Wildman–Crippen MR) is 207 cm³/mol. The lowest BCUT2D eigenvalue weighted by atomic mass is 10.0. The van der Waals surface area contributed by atoms with Gasteiger partial charge in [0, 0.05) is 12.5 Å². The van der Waals surface area contributed by atoms with E-state index < -0.39 is 0 Å². The molecule has 0 aromatic carbocycles. The number of pyridine rings is 2. The fourth-order valence-corrected chi connectivity index (χ4v) is 7.30. The standard InChI is InChI=1S/C44H75N4/c1-4-6-8-10-12-14-16-18-20-22-24-26-28-30-35-47-38-34-40(3)41(39-47)43-45-42-33-32-37-48(44(42)46-43)36-31-29-27-25-23-21-19-17-15-13-11-9-7-5-2/h32-34,37-39H,4-31,35-36H2,1-3H3/q+1/p+1. The first-order valence-corrected chi connectivity index (χ1v) is 21.1. The Kier molecular flexibility index (Phi) is 22.3. The second-order valence-corrected chi connectivity index (χ2v) is 15.0. The summed E-state index contributed by atoms with van der Waals surface area (Å²) in [6.45, 7) is 8.95. The van der Waals surface area contributed by atoms with E-state index in [0.29, 0.717) is 0 Å². The van der Waals surface area contributed by atoms with Crippen molar-refractivity contribution >= 4 is 11.2 Å². The van der Waals surface area contributed by atoms with Crippen LogP contribution < -0.4 is 9.13 Å². The van der Waals surface area contributed by atoms with E-state index in [-0.39, 0.29) is 0 Å². The van der Waals surface area contributed by atoms with Gasteiger partial charge in [-0.25, -0.2) is 9.13 Å². The van der Waals surface area contributed by atoms with Crippen LogP contribution in [0.1, 0.15) is 199 Å². The molecule has 270 valence electrons. The van der Waals surface area contributed by atoms with Crippen LogP contribution in [0.4, 0.5) is 0 Å². The van der Waals surface area contributed by atoms with Crippen LogP contribution >= 0.6 is 0 Å². The third-order valence-electron chi connectivity index (χ3n) is 10.5. The average Bonchev–Trinajstić information content (AvgIpc) is 3.54. The number of rotatable bonds is 31. The molecule has 0 radical (unpaired) electrons. The van der Waals surface area contributed by atoms with Gasteiger partial charge in [-0.2, -0.15) is 0 Å². The summed E-state index contributed by atoms with van der Waals surface area (Å²) in [5.74, 6) is 0.999. The minimum atomic E-state index is 0.999. The zero-order valence-electron chi connectivity index (χ0n) is 32.0. The second kappa shape index (κ2) is 26.6. The van der Waals surface area contributed by atoms with Gasteiger partial charge in [-0.1, -0.05) is 168 Å². The maximum absolute atomic E-state index is 5.14. The fraction of sp³-hybridized carbons (Fsp3) is 0.750. The molecule has 0 aliphatic rings. The molecule has 0 aliphatic carbocycles. The molecule has 48 heavy (non-hydrogen) atoms. The summed E-state index contributed by atoms with van der Waals surface area (Å²) in [5.41, 5.74) is 4.73. The highest BCUT2D eigenvalue weighted by atomic mass is 15.1. The van der Waals surface area contributed by atoms with Gasteiger partial charge in [0.1, 0.15) is 17.6 Å². The maximum atomic E-state index is 5.14. The molecule has 0 spiro atoms. The fourth-order valence-electron chi connectivity index (χ4n) is 7.30. The van der Waals surface area contributed by atoms with E-state index in [1.165, 1.54) is 191 Å². The van der Waals surface area contributed by atoms with Crippen LogP contribution in [0.2, 0.25) is 0 Å². The van der Waals surface area contributed by atoms with E-state index in [9.17, 15) is 0 Å². The molecule has 4 heteroatoms. The molecule has 0 bridgehead atoms. The van der Waals surface area contributed by atoms with E-state index in [2.05, 4.69) is 71.7 Å². The van der Waals surface area contributed by atoms with E-state index in [1.807, 2.05) is 0 Å². The summed E-state index contributed by atoms with van der Waals surface area (Å²) in [6, 6.07) is 6.60. The molecule has 3 aromatic rings. The molecule has 1 N–H and O–H groups in total. The van der Waals surface area contributed by atoms with Crippen molar-refractivity contribution in [1.29, 1.82) is 0 Å². The minimum Gasteiger partial charge on any atom is -0.311 e. The lowest BCUT2D eigenvalue weighted by Gasteiger charge is -2.03. The highest BCUT2D eigenvalue weighted by molar-refractivity contribution is 5.73. The third kappa shape index (κ3) is 16.9. The number of imidazole rings is 1. The number of hydrogen-bond acceptors (Lipinski definition) is 1. The van der Waals surface area contributed by atoms with Crippen molar-refractivity contribution in [2.75, 3.05) is 0 Å². The van der Waals surface area contributed by atoms with E-state index in [4.69, 9.17) is 4.98 Å². The van der Waals surface area contributed by atoms with Crippen molar-refractivity contribution in [2.24, 2.45) is 0 Å². The van der Waals surface area contributed by atoms with Gasteiger partial charge in [-0.05, 0) is 48.9 Å². The predicted octanol–water partition coefficient (Wildman–Crippen LogP) is 13.1. The molecule has 4 nitrogen and oxygen atoms in total. The topological polar surface area (TPSA) is 36.4 Å². The summed E-state index contributed by atoms with van der Waals surface area (Å²) in [7, 11) is 0. The van der Waals surface area contributed by atoms with Gasteiger partial charge in [0.05, 0.1) is 12.7 Å². The van der Waals surface area contributed by atoms with E-state index in [0.717, 1.165) is 30.1 Å². The molecule has 3 aromatic heterocycles. The van der Waals surface area contributed by atoms with E-state index in [1.54, 1.807) is 0 Å². The Bertz CT molecular complexity index is 1200. The van der Waals surface area contributed by atoms with Crippen molar-refractivity contribution in [2.45, 2.75) is 214 Å². The molecule has 0 saturated heterocycles. The molecule has 0 atom stereocenters. The highest BCUT2D eigenvalue weighted by Gasteiger charge is 2.21. The number of aromatic amines is 1. The first-order chi connectivity index (χ1) is 23.7. The van der Waals surface area contributed by atoms with Crippen LogP contribution in [0.15, 0.2) is 36.8 Å². The Hall–Kier alpha value is -2.23. The van der Waals surface area contributed by atoms with Gasteiger partial charge in [0.15, 0.2) is 12.4 Å². The Morgan fingerprint density at radius 3 is 1.44 bits per heavy atom. The van der Waals surface area contributed by atoms with E-state index >= 15 is 0 Å². The van der Waals surface area contributed by atoms with Crippen molar-refractivity contribution in [3.05, 3.63) is 42.4 Å². The van der Waals surface area contributed by atoms with Crippen LogP contribution in [-0.2, 0) is 13.1 Å². The Morgan fingerprint density at radius 1 is 0.521 bits per heavy atom. The highest BCUT2D eigenvalue weighted by Crippen LogP contribution is 2.21. The summed E-state index contributed by atoms with van der Waals surface area (Å²) in [5, 5.41) is 0. The number of fused-ring (bicyclic) bond motifs is 1. The Balaban J connectivity index is 1.30. The number of aromatic nitrogens is 4. The molecule has 0 unspecified atom stereocenters. The van der Waals surface area contributed by atoms with Crippen LogP contribution in [-0.4, -0.2) is 9.97 Å². The number of hydrogen-bond donors (Lipinski definition) is 1. The normalized spacial score (nSPS) is 11.6. The molecule has 3 heterocycles. The Morgan fingerprint density at radius 2 is 0.958 bits per heavy atom. The first kappa shape index (κ1) is 40.2. The second-order valence-electron chi connectivity index (χ2n) is 15.0. The third-order valence-corrected chi connectivity index (χ3v) is 10.5. The summed E-state index contributed by atoms with van der Waals surface area (Å²) in [4.78, 5) is 8.78. The van der Waals surface area contributed by atoms with Gasteiger partial charge < -0.3 is 4.98 Å².